The number of benzene rings is 1. The Morgan fingerprint density at radius 2 is 1.82 bits per heavy atom. The summed E-state index contributed by atoms with van der Waals surface area (Å²) >= 11 is 0. The van der Waals surface area contributed by atoms with Gasteiger partial charge in [0, 0.05) is 16.7 Å². The Kier molecular flexibility index (Phi) is 3.41. The molecule has 0 aromatic heterocycles. The third-order valence-electron chi connectivity index (χ3n) is 4.29. The Morgan fingerprint density at radius 1 is 1.14 bits per heavy atom. The van der Waals surface area contributed by atoms with E-state index in [2.05, 4.69) is 65.1 Å². The van der Waals surface area contributed by atoms with Crippen molar-refractivity contribution in [3.8, 4) is 0 Å². The van der Waals surface area contributed by atoms with E-state index in [0.29, 0.717) is 18.6 Å². The molecule has 1 N–H and O–H groups in total. The van der Waals surface area contributed by atoms with Crippen LogP contribution in [-0.2, 0) is 16.7 Å². The Hall–Kier alpha value is -1.35. The normalized spacial score (nSPS) is 20.0. The first-order valence-electron chi connectivity index (χ1n) is 8.18. The quantitative estimate of drug-likeness (QED) is 0.835. The molecule has 2 aliphatic heterocycles. The van der Waals surface area contributed by atoms with Gasteiger partial charge in [0.05, 0.1) is 13.2 Å². The number of amidine groups is 1. The van der Waals surface area contributed by atoms with Crippen molar-refractivity contribution in [3.05, 3.63) is 29.3 Å². The lowest BCUT2D eigenvalue weighted by Crippen LogP contribution is -2.50. The minimum Gasteiger partial charge on any atom is -0.375 e. The summed E-state index contributed by atoms with van der Waals surface area (Å²) in [5, 5.41) is 3.58. The van der Waals surface area contributed by atoms with Crippen LogP contribution in [0.5, 0.6) is 0 Å². The number of ether oxygens (including phenoxy) is 1. The van der Waals surface area contributed by atoms with Gasteiger partial charge in [-0.3, -0.25) is 4.99 Å². The molecule has 22 heavy (non-hydrogen) atoms. The summed E-state index contributed by atoms with van der Waals surface area (Å²) in [6, 6.07) is 6.80. The van der Waals surface area contributed by atoms with Crippen molar-refractivity contribution in [2.75, 3.05) is 18.5 Å². The zero-order chi connectivity index (χ0) is 16.2. The molecule has 1 aromatic rings. The summed E-state index contributed by atoms with van der Waals surface area (Å²) in [5.74, 6) is 1.07. The van der Waals surface area contributed by atoms with Crippen molar-refractivity contribution < 1.29 is 4.74 Å². The summed E-state index contributed by atoms with van der Waals surface area (Å²) in [4.78, 5) is 5.02. The second kappa shape index (κ2) is 4.82. The number of fused-ring (bicyclic) bond motifs is 2. The predicted octanol–water partition coefficient (Wildman–Crippen LogP) is 4.37. The van der Waals surface area contributed by atoms with Crippen LogP contribution in [-0.4, -0.2) is 19.0 Å². The maximum absolute atomic E-state index is 5.51. The molecular formula is C19H28N2O. The zero-order valence-electron chi connectivity index (χ0n) is 14.7. The zero-order valence-corrected chi connectivity index (χ0v) is 14.7. The maximum atomic E-state index is 5.51. The highest BCUT2D eigenvalue weighted by atomic mass is 16.5. The fourth-order valence-corrected chi connectivity index (χ4v) is 3.12. The van der Waals surface area contributed by atoms with E-state index in [-0.39, 0.29) is 11.0 Å². The van der Waals surface area contributed by atoms with Crippen LogP contribution in [0.2, 0.25) is 0 Å². The van der Waals surface area contributed by atoms with Gasteiger partial charge in [0.2, 0.25) is 0 Å². The molecule has 3 rings (SSSR count). The standard InChI is InChI=1S/C19H28N2O/c1-17(2,3)10-13-7-8-14-15(9-13)20-16(18(4,5)6)21-19(14)11-22-12-19/h7-9H,10-12H2,1-6H3,(H,20,21). The summed E-state index contributed by atoms with van der Waals surface area (Å²) in [6.07, 6.45) is 1.08. The molecule has 3 nitrogen and oxygen atoms in total. The smallest absolute Gasteiger partial charge is 0.136 e. The highest BCUT2D eigenvalue weighted by Crippen LogP contribution is 2.43. The van der Waals surface area contributed by atoms with Crippen LogP contribution in [0.3, 0.4) is 0 Å². The maximum Gasteiger partial charge on any atom is 0.136 e. The minimum absolute atomic E-state index is 0.0142. The second-order valence-corrected chi connectivity index (χ2v) is 8.98. The Morgan fingerprint density at radius 3 is 2.32 bits per heavy atom. The predicted molar refractivity (Wildman–Crippen MR) is 92.6 cm³/mol. The van der Waals surface area contributed by atoms with Crippen LogP contribution >= 0.6 is 0 Å². The SMILES string of the molecule is CC(C)(C)Cc1ccc2c(c1)NC(C(C)(C)C)=NC21COC1. The number of hydrogen-bond donors (Lipinski definition) is 1. The molecule has 1 aromatic carbocycles. The monoisotopic (exact) mass is 300 g/mol. The largest absolute Gasteiger partial charge is 0.375 e. The molecule has 0 aliphatic carbocycles. The number of hydrogen-bond acceptors (Lipinski definition) is 3. The fourth-order valence-electron chi connectivity index (χ4n) is 3.12. The van der Waals surface area contributed by atoms with Gasteiger partial charge in [0.25, 0.3) is 0 Å². The molecule has 0 atom stereocenters. The summed E-state index contributed by atoms with van der Waals surface area (Å²) < 4.78 is 5.51. The molecule has 0 amide bonds. The first-order valence-corrected chi connectivity index (χ1v) is 8.18. The second-order valence-electron chi connectivity index (χ2n) is 8.98. The van der Waals surface area contributed by atoms with Crippen LogP contribution < -0.4 is 5.32 Å². The average Bonchev–Trinajstić information content (AvgIpc) is 2.31. The first kappa shape index (κ1) is 15.5. The minimum atomic E-state index is -0.163. The summed E-state index contributed by atoms with van der Waals surface area (Å²) in [6.45, 7) is 14.8. The number of aliphatic imine (C=N–C) groups is 1. The molecule has 120 valence electrons. The Labute approximate surface area is 134 Å². The third-order valence-corrected chi connectivity index (χ3v) is 4.29. The topological polar surface area (TPSA) is 33.6 Å². The van der Waals surface area contributed by atoms with Gasteiger partial charge in [0.15, 0.2) is 0 Å². The van der Waals surface area contributed by atoms with Gasteiger partial charge in [-0.2, -0.15) is 0 Å². The molecule has 0 radical (unpaired) electrons. The van der Waals surface area contributed by atoms with Gasteiger partial charge in [-0.15, -0.1) is 0 Å². The van der Waals surface area contributed by atoms with E-state index in [0.717, 1.165) is 12.3 Å². The van der Waals surface area contributed by atoms with Crippen LogP contribution in [0, 0.1) is 10.8 Å². The number of anilines is 1. The molecule has 0 saturated carbocycles. The molecule has 3 heteroatoms. The van der Waals surface area contributed by atoms with Gasteiger partial charge in [0.1, 0.15) is 11.4 Å². The first-order chi connectivity index (χ1) is 10.1. The Bertz CT molecular complexity index is 613. The van der Waals surface area contributed by atoms with E-state index >= 15 is 0 Å². The van der Waals surface area contributed by atoms with E-state index in [1.165, 1.54) is 16.8 Å². The number of nitrogens with one attached hydrogen (secondary N) is 1. The average molecular weight is 300 g/mol. The van der Waals surface area contributed by atoms with Crippen LogP contribution in [0.15, 0.2) is 23.2 Å². The van der Waals surface area contributed by atoms with E-state index in [9.17, 15) is 0 Å². The van der Waals surface area contributed by atoms with Crippen molar-refractivity contribution in [1.82, 2.24) is 0 Å². The highest BCUT2D eigenvalue weighted by Gasteiger charge is 2.45. The van der Waals surface area contributed by atoms with Gasteiger partial charge in [-0.25, -0.2) is 0 Å². The van der Waals surface area contributed by atoms with Crippen molar-refractivity contribution >= 4 is 11.5 Å². The molecular weight excluding hydrogens is 272 g/mol. The molecule has 0 bridgehead atoms. The van der Waals surface area contributed by atoms with Crippen molar-refractivity contribution in [2.24, 2.45) is 15.8 Å². The Balaban J connectivity index is 2.00. The van der Waals surface area contributed by atoms with Crippen LogP contribution in [0.1, 0.15) is 52.7 Å². The summed E-state index contributed by atoms with van der Waals surface area (Å²) in [5.41, 5.74) is 4.02. The van der Waals surface area contributed by atoms with Crippen LogP contribution in [0.4, 0.5) is 5.69 Å². The van der Waals surface area contributed by atoms with Crippen molar-refractivity contribution in [2.45, 2.75) is 53.5 Å². The molecule has 2 heterocycles. The lowest BCUT2D eigenvalue weighted by molar-refractivity contribution is -0.0559. The summed E-state index contributed by atoms with van der Waals surface area (Å²) in [7, 11) is 0. The van der Waals surface area contributed by atoms with Gasteiger partial charge in [-0.1, -0.05) is 53.7 Å². The lowest BCUT2D eigenvalue weighted by Gasteiger charge is -2.44. The number of nitrogens with zero attached hydrogens (tertiary/aromatic N) is 1. The van der Waals surface area contributed by atoms with Gasteiger partial charge < -0.3 is 10.1 Å². The molecule has 1 fully saturated rings. The van der Waals surface area contributed by atoms with Crippen LogP contribution in [0.25, 0.3) is 0 Å². The molecule has 1 spiro atoms. The number of rotatable bonds is 1. The van der Waals surface area contributed by atoms with E-state index in [4.69, 9.17) is 9.73 Å². The molecule has 0 unspecified atom stereocenters. The highest BCUT2D eigenvalue weighted by molar-refractivity contribution is 6.02. The lowest BCUT2D eigenvalue weighted by atomic mass is 9.81. The van der Waals surface area contributed by atoms with Gasteiger partial charge >= 0.3 is 0 Å². The van der Waals surface area contributed by atoms with E-state index < -0.39 is 0 Å². The van der Waals surface area contributed by atoms with E-state index in [1.807, 2.05) is 0 Å². The third kappa shape index (κ3) is 2.79. The van der Waals surface area contributed by atoms with E-state index in [1.54, 1.807) is 0 Å². The van der Waals surface area contributed by atoms with Gasteiger partial charge in [-0.05, 0) is 23.5 Å². The molecule has 2 aliphatic rings. The van der Waals surface area contributed by atoms with Crippen molar-refractivity contribution in [3.63, 3.8) is 0 Å². The fraction of sp³-hybridized carbons (Fsp3) is 0.632. The molecule has 1 saturated heterocycles. The van der Waals surface area contributed by atoms with Crippen molar-refractivity contribution in [1.29, 1.82) is 0 Å².